The summed E-state index contributed by atoms with van der Waals surface area (Å²) in [6.07, 6.45) is 1.88. The van der Waals surface area contributed by atoms with Crippen molar-refractivity contribution < 1.29 is 13.1 Å². The molecule has 2 fully saturated rings. The molecular formula is C11H23Cl2MnN6-3. The minimum atomic E-state index is -0.227. The second-order valence-electron chi connectivity index (χ2n) is 5.43. The molecule has 20 heavy (non-hydrogen) atoms. The van der Waals surface area contributed by atoms with Gasteiger partial charge in [0, 0.05) is 0 Å². The van der Waals surface area contributed by atoms with E-state index in [1.165, 1.54) is 0 Å². The van der Waals surface area contributed by atoms with E-state index in [1.54, 1.807) is 0 Å². The Kier molecular flexibility index (Phi) is 8.60. The molecule has 121 valence electrons. The molecule has 0 aromatic carbocycles. The maximum absolute atomic E-state index is 7.55. The Morgan fingerprint density at radius 2 is 1.40 bits per heavy atom. The van der Waals surface area contributed by atoms with Gasteiger partial charge in [-0.1, -0.05) is 40.5 Å². The van der Waals surface area contributed by atoms with Crippen LogP contribution in [0, 0.1) is 0 Å². The van der Waals surface area contributed by atoms with Crippen LogP contribution in [0.1, 0.15) is 40.5 Å². The molecule has 0 radical (unpaired) electrons. The third kappa shape index (κ3) is 4.95. The standard InChI is InChI=1S/C11H23N6.2ClH.Mn/c1-7-5-9(3)16(14-7)11(13-12)17-10(4)6-8(2)15-17;;;/h7-13H,5-6H2,1-4H3;2*1H;/q-3;;;+2/p-2. The average Bonchev–Trinajstić information content (AvgIpc) is 2.85. The molecule has 4 atom stereocenters. The Bertz CT molecular complexity index is 264. The second-order valence-corrected chi connectivity index (χ2v) is 7.38. The van der Waals surface area contributed by atoms with Crippen LogP contribution in [0.5, 0.6) is 0 Å². The first kappa shape index (κ1) is 18.9. The number of rotatable bonds is 3. The van der Waals surface area contributed by atoms with E-state index in [4.69, 9.17) is 26.0 Å². The van der Waals surface area contributed by atoms with Gasteiger partial charge in [-0.15, -0.1) is 12.1 Å². The first-order valence-electron chi connectivity index (χ1n) is 6.72. The van der Waals surface area contributed by atoms with E-state index in [-0.39, 0.29) is 19.4 Å². The first-order chi connectivity index (χ1) is 9.44. The van der Waals surface area contributed by atoms with E-state index in [2.05, 4.69) is 44.0 Å². The summed E-state index contributed by atoms with van der Waals surface area (Å²) in [7, 11) is 9.59. The molecule has 2 heterocycles. The molecule has 2 N–H and O–H groups in total. The van der Waals surface area contributed by atoms with Crippen molar-refractivity contribution in [1.82, 2.24) is 15.4 Å². The zero-order chi connectivity index (χ0) is 15.3. The van der Waals surface area contributed by atoms with Crippen molar-refractivity contribution in [3.8, 4) is 0 Å². The van der Waals surface area contributed by atoms with Crippen molar-refractivity contribution in [2.75, 3.05) is 0 Å². The van der Waals surface area contributed by atoms with Gasteiger partial charge in [-0.25, -0.2) is 0 Å². The molecule has 9 heteroatoms. The topological polar surface area (TPSA) is 70.5 Å². The molecule has 0 saturated carbocycles. The maximum atomic E-state index is 7.55. The average molecular weight is 365 g/mol. The molecule has 2 rings (SSSR count). The first-order valence-corrected chi connectivity index (χ1v) is 9.96. The Balaban J connectivity index is 0.000000612. The monoisotopic (exact) mass is 364 g/mol. The van der Waals surface area contributed by atoms with Gasteiger partial charge >= 0.3 is 33.3 Å². The zero-order valence-corrected chi connectivity index (χ0v) is 14.9. The zero-order valence-electron chi connectivity index (χ0n) is 12.2. The van der Waals surface area contributed by atoms with Crippen molar-refractivity contribution >= 4 is 20.2 Å². The molecule has 0 aromatic heterocycles. The summed E-state index contributed by atoms with van der Waals surface area (Å²) in [6, 6.07) is 1.42. The normalized spacial score (nSPS) is 36.8. The molecule has 2 saturated heterocycles. The van der Waals surface area contributed by atoms with Gasteiger partial charge in [0.15, 0.2) is 0 Å². The van der Waals surface area contributed by atoms with Crippen LogP contribution in [0.4, 0.5) is 0 Å². The van der Waals surface area contributed by atoms with Crippen LogP contribution in [0.2, 0.25) is 0 Å². The van der Waals surface area contributed by atoms with Crippen LogP contribution in [-0.2, 0) is 13.1 Å². The Morgan fingerprint density at radius 1 is 1.05 bits per heavy atom. The van der Waals surface area contributed by atoms with Crippen molar-refractivity contribution in [2.24, 2.45) is 0 Å². The van der Waals surface area contributed by atoms with Gasteiger partial charge in [-0.05, 0) is 12.1 Å². The van der Waals surface area contributed by atoms with Crippen molar-refractivity contribution in [3.63, 3.8) is 0 Å². The number of nitrogens with one attached hydrogen (secondary N) is 2. The van der Waals surface area contributed by atoms with E-state index in [1.807, 2.05) is 10.0 Å². The van der Waals surface area contributed by atoms with Crippen LogP contribution >= 0.6 is 20.2 Å². The number of nitrogens with zero attached hydrogens (tertiary/aromatic N) is 4. The molecule has 6 nitrogen and oxygen atoms in total. The summed E-state index contributed by atoms with van der Waals surface area (Å²) in [6.45, 7) is 8.54. The van der Waals surface area contributed by atoms with Crippen LogP contribution in [0.3, 0.4) is 0 Å². The fourth-order valence-corrected chi connectivity index (χ4v) is 2.84. The number of hydrogen-bond donors (Lipinski definition) is 1. The van der Waals surface area contributed by atoms with Crippen LogP contribution in [0.15, 0.2) is 0 Å². The summed E-state index contributed by atoms with van der Waals surface area (Å²) in [5, 5.41) is 3.99. The molecule has 0 bridgehead atoms. The summed E-state index contributed by atoms with van der Waals surface area (Å²) in [4.78, 5) is 0. The van der Waals surface area contributed by atoms with E-state index < -0.39 is 0 Å². The van der Waals surface area contributed by atoms with Crippen LogP contribution in [-0.4, -0.2) is 40.5 Å². The summed E-state index contributed by atoms with van der Waals surface area (Å²) in [5.74, 6) is 7.55. The van der Waals surface area contributed by atoms with Crippen LogP contribution in [0.25, 0.3) is 16.7 Å². The third-order valence-corrected chi connectivity index (χ3v) is 3.56. The Labute approximate surface area is 136 Å². The van der Waals surface area contributed by atoms with Crippen LogP contribution < -0.4 is 5.43 Å². The van der Waals surface area contributed by atoms with Gasteiger partial charge < -0.3 is 32.1 Å². The molecule has 2 aliphatic rings. The minimum absolute atomic E-state index is 0.00694. The molecule has 0 aromatic rings. The number of halogens is 2. The van der Waals surface area contributed by atoms with E-state index in [0.29, 0.717) is 24.2 Å². The molecule has 0 spiro atoms. The Morgan fingerprint density at radius 3 is 1.60 bits per heavy atom. The van der Waals surface area contributed by atoms with Gasteiger partial charge in [0.25, 0.3) is 0 Å². The van der Waals surface area contributed by atoms with E-state index in [9.17, 15) is 0 Å². The molecular weight excluding hydrogens is 342 g/mol. The van der Waals surface area contributed by atoms with E-state index in [0.717, 1.165) is 12.8 Å². The fraction of sp³-hybridized carbons (Fsp3) is 1.00. The predicted octanol–water partition coefficient (Wildman–Crippen LogP) is 3.75. The number of hydrogen-bond acceptors (Lipinski definition) is 3. The van der Waals surface area contributed by atoms with Crippen molar-refractivity contribution in [1.29, 1.82) is 0 Å². The molecule has 0 aliphatic carbocycles. The third-order valence-electron chi connectivity index (χ3n) is 3.56. The summed E-state index contributed by atoms with van der Waals surface area (Å²) >= 11 is 0.00694. The summed E-state index contributed by atoms with van der Waals surface area (Å²) < 4.78 is 0. The molecule has 2 aliphatic heterocycles. The van der Waals surface area contributed by atoms with Gasteiger partial charge in [0.05, 0.1) is 6.29 Å². The Hall–Kier alpha value is 0.859. The molecule has 4 unspecified atom stereocenters. The second kappa shape index (κ2) is 9.10. The van der Waals surface area contributed by atoms with Gasteiger partial charge in [0.2, 0.25) is 0 Å². The predicted molar refractivity (Wildman–Crippen MR) is 80.4 cm³/mol. The SMILES string of the molecule is CC1CC(C)N(C(N[NH-])N2[N-]C(C)CC2C)[N-]1.[Cl][Mn][Cl]. The van der Waals surface area contributed by atoms with Crippen molar-refractivity contribution in [3.05, 3.63) is 16.7 Å². The van der Waals surface area contributed by atoms with Crippen molar-refractivity contribution in [2.45, 2.75) is 71.0 Å². The molecule has 0 amide bonds. The van der Waals surface area contributed by atoms with E-state index >= 15 is 0 Å². The summed E-state index contributed by atoms with van der Waals surface area (Å²) in [5.41, 5.74) is 11.8. The van der Waals surface area contributed by atoms with Gasteiger partial charge in [0.1, 0.15) is 0 Å². The van der Waals surface area contributed by atoms with Gasteiger partial charge in [-0.3, -0.25) is 0 Å². The fourth-order valence-electron chi connectivity index (χ4n) is 2.84. The quantitative estimate of drug-likeness (QED) is 0.612. The van der Waals surface area contributed by atoms with Gasteiger partial charge in [-0.2, -0.15) is 0 Å².